The quantitative estimate of drug-likeness (QED) is 0.363. The van der Waals surface area contributed by atoms with Crippen LogP contribution in [0.25, 0.3) is 5.57 Å². The third-order valence-electron chi connectivity index (χ3n) is 5.75. The van der Waals surface area contributed by atoms with Gasteiger partial charge in [-0.2, -0.15) is 0 Å². The average Bonchev–Trinajstić information content (AvgIpc) is 2.73. The largest absolute Gasteiger partial charge is 0.458 e. The SMILES string of the molecule is CCC(=O)OC1=C(c2c(C)cc(C)cc2C)C(=O)OC(C(C)CSc2ccc(C)cc2)C1. The fourth-order valence-corrected chi connectivity index (χ4v) is 5.04. The lowest BCUT2D eigenvalue weighted by molar-refractivity contribution is -0.148. The van der Waals surface area contributed by atoms with E-state index in [0.29, 0.717) is 17.8 Å². The molecule has 0 saturated carbocycles. The van der Waals surface area contributed by atoms with E-state index in [2.05, 4.69) is 38.1 Å². The fraction of sp³-hybridized carbons (Fsp3) is 0.407. The Balaban J connectivity index is 1.88. The molecule has 32 heavy (non-hydrogen) atoms. The molecule has 0 spiro atoms. The zero-order valence-electron chi connectivity index (χ0n) is 19.8. The average molecular weight is 453 g/mol. The van der Waals surface area contributed by atoms with Crippen LogP contribution >= 0.6 is 11.8 Å². The first-order chi connectivity index (χ1) is 15.2. The predicted octanol–water partition coefficient (Wildman–Crippen LogP) is 6.33. The topological polar surface area (TPSA) is 52.6 Å². The van der Waals surface area contributed by atoms with Gasteiger partial charge in [-0.05, 0) is 56.5 Å². The van der Waals surface area contributed by atoms with Crippen LogP contribution in [0.5, 0.6) is 0 Å². The van der Waals surface area contributed by atoms with Crippen LogP contribution in [-0.2, 0) is 19.1 Å². The maximum Gasteiger partial charge on any atom is 0.342 e. The molecule has 5 heteroatoms. The number of hydrogen-bond donors (Lipinski definition) is 0. The first-order valence-corrected chi connectivity index (χ1v) is 12.1. The summed E-state index contributed by atoms with van der Waals surface area (Å²) < 4.78 is 11.6. The van der Waals surface area contributed by atoms with Gasteiger partial charge in [0.25, 0.3) is 0 Å². The molecule has 0 aromatic heterocycles. The standard InChI is InChI=1S/C27H32O4S/c1-7-24(28)30-23-14-22(20(6)15-32-21-10-8-16(2)9-11-21)31-27(29)26(23)25-18(4)12-17(3)13-19(25)5/h8-13,20,22H,7,14-15H2,1-6H3. The van der Waals surface area contributed by atoms with E-state index in [4.69, 9.17) is 9.47 Å². The van der Waals surface area contributed by atoms with Crippen LogP contribution in [0, 0.1) is 33.6 Å². The normalized spacial score (nSPS) is 17.2. The second-order valence-electron chi connectivity index (χ2n) is 8.65. The number of hydrogen-bond acceptors (Lipinski definition) is 5. The number of rotatable bonds is 7. The Morgan fingerprint density at radius 1 is 1.09 bits per heavy atom. The molecule has 0 saturated heterocycles. The third-order valence-corrected chi connectivity index (χ3v) is 7.05. The number of carbonyl (C=O) groups excluding carboxylic acids is 2. The van der Waals surface area contributed by atoms with Crippen molar-refractivity contribution in [2.75, 3.05) is 5.75 Å². The Kier molecular flexibility index (Phi) is 7.83. The van der Waals surface area contributed by atoms with Crippen molar-refractivity contribution < 1.29 is 19.1 Å². The number of carbonyl (C=O) groups is 2. The summed E-state index contributed by atoms with van der Waals surface area (Å²) in [7, 11) is 0. The summed E-state index contributed by atoms with van der Waals surface area (Å²) in [5.41, 5.74) is 5.49. The molecule has 1 aliphatic rings. The lowest BCUT2D eigenvalue weighted by Crippen LogP contribution is -2.33. The third kappa shape index (κ3) is 5.63. The molecule has 1 aliphatic heterocycles. The molecule has 3 rings (SSSR count). The molecule has 0 radical (unpaired) electrons. The van der Waals surface area contributed by atoms with Gasteiger partial charge in [-0.15, -0.1) is 11.8 Å². The molecule has 0 N–H and O–H groups in total. The lowest BCUT2D eigenvalue weighted by atomic mass is 9.89. The molecule has 2 aromatic carbocycles. The minimum absolute atomic E-state index is 0.0994. The monoisotopic (exact) mass is 452 g/mol. The molecule has 0 aliphatic carbocycles. The Hall–Kier alpha value is -2.53. The highest BCUT2D eigenvalue weighted by Crippen LogP contribution is 2.37. The highest BCUT2D eigenvalue weighted by Gasteiger charge is 2.36. The summed E-state index contributed by atoms with van der Waals surface area (Å²) in [4.78, 5) is 26.6. The summed E-state index contributed by atoms with van der Waals surface area (Å²) in [5, 5.41) is 0. The maximum absolute atomic E-state index is 13.2. The smallest absolute Gasteiger partial charge is 0.342 e. The number of aryl methyl sites for hydroxylation is 4. The molecule has 0 amide bonds. The first kappa shape index (κ1) is 24.1. The van der Waals surface area contributed by atoms with Crippen LogP contribution in [0.3, 0.4) is 0 Å². The van der Waals surface area contributed by atoms with Crippen LogP contribution < -0.4 is 0 Å². The van der Waals surface area contributed by atoms with Crippen LogP contribution in [0.1, 0.15) is 54.5 Å². The van der Waals surface area contributed by atoms with Gasteiger partial charge < -0.3 is 9.47 Å². The summed E-state index contributed by atoms with van der Waals surface area (Å²) in [6, 6.07) is 12.5. The van der Waals surface area contributed by atoms with E-state index in [1.54, 1.807) is 18.7 Å². The highest BCUT2D eigenvalue weighted by atomic mass is 32.2. The zero-order chi connectivity index (χ0) is 23.4. The van der Waals surface area contributed by atoms with Gasteiger partial charge in [-0.25, -0.2) is 4.79 Å². The second-order valence-corrected chi connectivity index (χ2v) is 9.74. The van der Waals surface area contributed by atoms with Crippen molar-refractivity contribution in [3.63, 3.8) is 0 Å². The Morgan fingerprint density at radius 2 is 1.72 bits per heavy atom. The van der Waals surface area contributed by atoms with Crippen molar-refractivity contribution in [2.45, 2.75) is 65.4 Å². The van der Waals surface area contributed by atoms with Gasteiger partial charge in [0.15, 0.2) is 0 Å². The molecule has 2 unspecified atom stereocenters. The fourth-order valence-electron chi connectivity index (χ4n) is 4.04. The Labute approximate surface area is 195 Å². The summed E-state index contributed by atoms with van der Waals surface area (Å²) in [5.74, 6) is 0.577. The minimum Gasteiger partial charge on any atom is -0.458 e. The Morgan fingerprint density at radius 3 is 2.31 bits per heavy atom. The maximum atomic E-state index is 13.2. The van der Waals surface area contributed by atoms with Crippen molar-refractivity contribution >= 4 is 29.3 Å². The molecule has 2 atom stereocenters. The van der Waals surface area contributed by atoms with E-state index in [1.165, 1.54) is 10.5 Å². The van der Waals surface area contributed by atoms with Crippen molar-refractivity contribution in [2.24, 2.45) is 5.92 Å². The number of cyclic esters (lactones) is 1. The second kappa shape index (κ2) is 10.4. The highest BCUT2D eigenvalue weighted by molar-refractivity contribution is 7.99. The number of esters is 2. The van der Waals surface area contributed by atoms with E-state index in [-0.39, 0.29) is 24.4 Å². The van der Waals surface area contributed by atoms with Crippen LogP contribution in [0.2, 0.25) is 0 Å². The summed E-state index contributed by atoms with van der Waals surface area (Å²) in [6.45, 7) is 11.9. The molecular weight excluding hydrogens is 420 g/mol. The van der Waals surface area contributed by atoms with Crippen molar-refractivity contribution in [1.82, 2.24) is 0 Å². The summed E-state index contributed by atoms with van der Waals surface area (Å²) >= 11 is 1.74. The predicted molar refractivity (Wildman–Crippen MR) is 130 cm³/mol. The van der Waals surface area contributed by atoms with Crippen LogP contribution in [0.4, 0.5) is 0 Å². The molecule has 0 bridgehead atoms. The van der Waals surface area contributed by atoms with Gasteiger partial charge in [-0.3, -0.25) is 4.79 Å². The van der Waals surface area contributed by atoms with E-state index in [0.717, 1.165) is 28.0 Å². The van der Waals surface area contributed by atoms with Gasteiger partial charge in [0.1, 0.15) is 17.4 Å². The van der Waals surface area contributed by atoms with Crippen molar-refractivity contribution in [1.29, 1.82) is 0 Å². The van der Waals surface area contributed by atoms with Crippen LogP contribution in [-0.4, -0.2) is 23.8 Å². The van der Waals surface area contributed by atoms with Gasteiger partial charge >= 0.3 is 11.9 Å². The van der Waals surface area contributed by atoms with E-state index < -0.39 is 5.97 Å². The number of benzene rings is 2. The zero-order valence-corrected chi connectivity index (χ0v) is 20.6. The van der Waals surface area contributed by atoms with Gasteiger partial charge in [0.2, 0.25) is 0 Å². The van der Waals surface area contributed by atoms with Crippen molar-refractivity contribution in [3.8, 4) is 0 Å². The number of ether oxygens (including phenoxy) is 2. The van der Waals surface area contributed by atoms with E-state index in [1.807, 2.05) is 32.9 Å². The van der Waals surface area contributed by atoms with Crippen LogP contribution in [0.15, 0.2) is 47.1 Å². The molecule has 1 heterocycles. The van der Waals surface area contributed by atoms with E-state index in [9.17, 15) is 9.59 Å². The van der Waals surface area contributed by atoms with Gasteiger partial charge in [0.05, 0.1) is 0 Å². The number of thioether (sulfide) groups is 1. The Bertz CT molecular complexity index is 1010. The van der Waals surface area contributed by atoms with E-state index >= 15 is 0 Å². The summed E-state index contributed by atoms with van der Waals surface area (Å²) in [6.07, 6.45) is 0.311. The molecular formula is C27H32O4S. The first-order valence-electron chi connectivity index (χ1n) is 11.1. The lowest BCUT2D eigenvalue weighted by Gasteiger charge is -2.31. The van der Waals surface area contributed by atoms with Gasteiger partial charge in [0, 0.05) is 29.4 Å². The molecule has 0 fully saturated rings. The van der Waals surface area contributed by atoms with Gasteiger partial charge in [-0.1, -0.05) is 49.2 Å². The molecule has 4 nitrogen and oxygen atoms in total. The molecule has 2 aromatic rings. The minimum atomic E-state index is -0.414. The van der Waals surface area contributed by atoms with Crippen molar-refractivity contribution in [3.05, 3.63) is 70.0 Å². The molecule has 170 valence electrons.